The van der Waals surface area contributed by atoms with Crippen molar-refractivity contribution in [2.24, 2.45) is 0 Å². The Morgan fingerprint density at radius 2 is 1.80 bits per heavy atom. The normalized spacial score (nSPS) is 29.7. The van der Waals surface area contributed by atoms with Crippen LogP contribution in [0.15, 0.2) is 27.4 Å². The number of benzene rings is 1. The Labute approximate surface area is 139 Å². The van der Waals surface area contributed by atoms with Gasteiger partial charge in [-0.1, -0.05) is 6.07 Å². The van der Waals surface area contributed by atoms with Gasteiger partial charge < -0.3 is 44.5 Å². The van der Waals surface area contributed by atoms with Crippen molar-refractivity contribution < 1.29 is 44.5 Å². The maximum absolute atomic E-state index is 12.0. The third-order valence-corrected chi connectivity index (χ3v) is 3.93. The molecular formula is C15H16O10. The molecule has 1 aliphatic rings. The van der Waals surface area contributed by atoms with Crippen LogP contribution in [0, 0.1) is 0 Å². The van der Waals surface area contributed by atoms with Crippen LogP contribution in [-0.2, 0) is 4.74 Å². The Kier molecular flexibility index (Phi) is 4.54. The number of aromatic hydroxyl groups is 2. The van der Waals surface area contributed by atoms with Crippen molar-refractivity contribution in [2.75, 3.05) is 6.61 Å². The Balaban J connectivity index is 2.00. The molecule has 0 amide bonds. The standard InChI is InChI=1S/C15H16O10/c16-4-7-9(18)11(20)12(21)15(24-7)25-13-10(19)8-5(17)2-1-3-6(8)23-14(13)22/h1-3,7,9,11-12,15-21H,4H2/t7-,9+,11+,12-,15+/m1/s1. The van der Waals surface area contributed by atoms with Gasteiger partial charge in [-0.05, 0) is 12.1 Å². The molecule has 1 aromatic heterocycles. The van der Waals surface area contributed by atoms with E-state index in [9.17, 15) is 30.3 Å². The van der Waals surface area contributed by atoms with Gasteiger partial charge in [0.15, 0.2) is 5.75 Å². The van der Waals surface area contributed by atoms with Gasteiger partial charge in [0.1, 0.15) is 41.1 Å². The number of aliphatic hydroxyl groups is 4. The van der Waals surface area contributed by atoms with Gasteiger partial charge in [-0.3, -0.25) is 0 Å². The van der Waals surface area contributed by atoms with Crippen LogP contribution < -0.4 is 10.4 Å². The lowest BCUT2D eigenvalue weighted by Gasteiger charge is -2.39. The fraction of sp³-hybridized carbons (Fsp3) is 0.400. The summed E-state index contributed by atoms with van der Waals surface area (Å²) >= 11 is 0. The van der Waals surface area contributed by atoms with E-state index in [1.807, 2.05) is 0 Å². The lowest BCUT2D eigenvalue weighted by Crippen LogP contribution is -2.60. The topological polar surface area (TPSA) is 170 Å². The van der Waals surface area contributed by atoms with Crippen molar-refractivity contribution in [1.82, 2.24) is 0 Å². The first-order valence-electron chi connectivity index (χ1n) is 7.30. The molecule has 0 bridgehead atoms. The van der Waals surface area contributed by atoms with Crippen LogP contribution >= 0.6 is 0 Å². The largest absolute Gasteiger partial charge is 0.507 e. The maximum Gasteiger partial charge on any atom is 0.383 e. The summed E-state index contributed by atoms with van der Waals surface area (Å²) in [5.41, 5.74) is -1.21. The summed E-state index contributed by atoms with van der Waals surface area (Å²) in [5, 5.41) is 58.4. The summed E-state index contributed by atoms with van der Waals surface area (Å²) in [6, 6.07) is 3.99. The van der Waals surface area contributed by atoms with Crippen LogP contribution in [0.4, 0.5) is 0 Å². The Morgan fingerprint density at radius 3 is 2.48 bits per heavy atom. The van der Waals surface area contributed by atoms with E-state index in [0.29, 0.717) is 0 Å². The van der Waals surface area contributed by atoms with Crippen molar-refractivity contribution in [1.29, 1.82) is 0 Å². The number of aliphatic hydroxyl groups excluding tert-OH is 4. The first-order valence-corrected chi connectivity index (χ1v) is 7.30. The molecule has 1 saturated heterocycles. The number of fused-ring (bicyclic) bond motifs is 1. The van der Waals surface area contributed by atoms with Gasteiger partial charge in [0.05, 0.1) is 6.61 Å². The van der Waals surface area contributed by atoms with Crippen molar-refractivity contribution in [3.63, 3.8) is 0 Å². The second-order valence-corrected chi connectivity index (χ2v) is 5.53. The van der Waals surface area contributed by atoms with Crippen molar-refractivity contribution >= 4 is 11.0 Å². The van der Waals surface area contributed by atoms with E-state index in [4.69, 9.17) is 19.0 Å². The fourth-order valence-electron chi connectivity index (χ4n) is 2.58. The molecule has 5 atom stereocenters. The summed E-state index contributed by atoms with van der Waals surface area (Å²) in [4.78, 5) is 12.0. The van der Waals surface area contributed by atoms with Gasteiger partial charge in [-0.15, -0.1) is 0 Å². The first-order chi connectivity index (χ1) is 11.8. The van der Waals surface area contributed by atoms with E-state index in [1.54, 1.807) is 0 Å². The smallest absolute Gasteiger partial charge is 0.383 e. The van der Waals surface area contributed by atoms with Gasteiger partial charge in [0, 0.05) is 0 Å². The summed E-state index contributed by atoms with van der Waals surface area (Å²) in [5.74, 6) is -1.89. The van der Waals surface area contributed by atoms with Gasteiger partial charge in [-0.2, -0.15) is 0 Å². The second kappa shape index (κ2) is 6.50. The number of phenolic OH excluding ortho intramolecular Hbond substituents is 1. The highest BCUT2D eigenvalue weighted by atomic mass is 16.7. The van der Waals surface area contributed by atoms with Crippen molar-refractivity contribution in [2.45, 2.75) is 30.7 Å². The van der Waals surface area contributed by atoms with E-state index in [0.717, 1.165) is 0 Å². The SMILES string of the molecule is O=c1oc2cccc(O)c2c(O)c1O[C@@H]1O[C@H](CO)[C@H](O)[C@H](O)[C@H]1O. The number of phenols is 1. The van der Waals surface area contributed by atoms with Gasteiger partial charge >= 0.3 is 5.63 Å². The molecule has 2 heterocycles. The molecule has 0 spiro atoms. The van der Waals surface area contributed by atoms with Gasteiger partial charge in [0.25, 0.3) is 5.75 Å². The van der Waals surface area contributed by atoms with Crippen LogP contribution in [-0.4, -0.2) is 68.0 Å². The second-order valence-electron chi connectivity index (χ2n) is 5.53. The molecule has 1 fully saturated rings. The van der Waals surface area contributed by atoms with E-state index in [-0.39, 0.29) is 16.7 Å². The van der Waals surface area contributed by atoms with Crippen LogP contribution in [0.1, 0.15) is 0 Å². The van der Waals surface area contributed by atoms with Crippen LogP contribution in [0.5, 0.6) is 17.2 Å². The molecule has 6 N–H and O–H groups in total. The highest BCUT2D eigenvalue weighted by Crippen LogP contribution is 2.38. The minimum Gasteiger partial charge on any atom is -0.507 e. The molecular weight excluding hydrogens is 340 g/mol. The van der Waals surface area contributed by atoms with Crippen molar-refractivity contribution in [3.8, 4) is 17.2 Å². The van der Waals surface area contributed by atoms with Gasteiger partial charge in [0.2, 0.25) is 6.29 Å². The molecule has 0 radical (unpaired) electrons. The number of rotatable bonds is 3. The average Bonchev–Trinajstić information content (AvgIpc) is 2.58. The Bertz CT molecular complexity index is 829. The Hall–Kier alpha value is -2.37. The predicted octanol–water partition coefficient (Wildman–Crippen LogP) is -1.62. The Morgan fingerprint density at radius 1 is 1.08 bits per heavy atom. The molecule has 10 nitrogen and oxygen atoms in total. The highest BCUT2D eigenvalue weighted by molar-refractivity contribution is 5.90. The lowest BCUT2D eigenvalue weighted by atomic mass is 9.99. The first kappa shape index (κ1) is 17.5. The molecule has 10 heteroatoms. The molecule has 136 valence electrons. The highest BCUT2D eigenvalue weighted by Gasteiger charge is 2.45. The van der Waals surface area contributed by atoms with E-state index in [2.05, 4.69) is 0 Å². The molecule has 0 saturated carbocycles. The third kappa shape index (κ3) is 2.90. The molecule has 0 aliphatic carbocycles. The summed E-state index contributed by atoms with van der Waals surface area (Å²) < 4.78 is 15.2. The zero-order valence-corrected chi connectivity index (χ0v) is 12.6. The van der Waals surface area contributed by atoms with Crippen LogP contribution in [0.2, 0.25) is 0 Å². The monoisotopic (exact) mass is 356 g/mol. The zero-order valence-electron chi connectivity index (χ0n) is 12.6. The molecule has 1 aromatic carbocycles. The predicted molar refractivity (Wildman–Crippen MR) is 80.2 cm³/mol. The zero-order chi connectivity index (χ0) is 18.3. The fourth-order valence-corrected chi connectivity index (χ4v) is 2.58. The number of hydrogen-bond acceptors (Lipinski definition) is 10. The third-order valence-electron chi connectivity index (χ3n) is 3.93. The lowest BCUT2D eigenvalue weighted by molar-refractivity contribution is -0.278. The quantitative estimate of drug-likeness (QED) is 0.351. The molecule has 1 aliphatic heterocycles. The summed E-state index contributed by atoms with van der Waals surface area (Å²) in [6.45, 7) is -0.691. The van der Waals surface area contributed by atoms with Gasteiger partial charge in [-0.25, -0.2) is 4.79 Å². The minimum atomic E-state index is -1.78. The number of hydrogen-bond donors (Lipinski definition) is 6. The van der Waals surface area contributed by atoms with Crippen LogP contribution in [0.25, 0.3) is 11.0 Å². The molecule has 0 unspecified atom stereocenters. The summed E-state index contributed by atoms with van der Waals surface area (Å²) in [7, 11) is 0. The van der Waals surface area contributed by atoms with E-state index < -0.39 is 54.4 Å². The maximum atomic E-state index is 12.0. The molecule has 2 aromatic rings. The number of ether oxygens (including phenoxy) is 2. The average molecular weight is 356 g/mol. The van der Waals surface area contributed by atoms with E-state index >= 15 is 0 Å². The van der Waals surface area contributed by atoms with Crippen molar-refractivity contribution in [3.05, 3.63) is 28.6 Å². The minimum absolute atomic E-state index is 0.0938. The van der Waals surface area contributed by atoms with E-state index in [1.165, 1.54) is 18.2 Å². The summed E-state index contributed by atoms with van der Waals surface area (Å²) in [6.07, 6.45) is -8.06. The van der Waals surface area contributed by atoms with Crippen LogP contribution in [0.3, 0.4) is 0 Å². The molecule has 25 heavy (non-hydrogen) atoms. The molecule has 3 rings (SSSR count).